The van der Waals surface area contributed by atoms with Gasteiger partial charge in [0, 0.05) is 54.3 Å². The molecule has 0 spiro atoms. The highest BCUT2D eigenvalue weighted by Crippen LogP contribution is 2.55. The molecule has 0 atom stereocenters. The molecule has 0 unspecified atom stereocenters. The van der Waals surface area contributed by atoms with Crippen LogP contribution in [0.25, 0.3) is 81.0 Å². The molecule has 0 N–H and O–H groups in total. The molecular weight excluding hydrogens is 745 g/mol. The van der Waals surface area contributed by atoms with E-state index in [4.69, 9.17) is 0 Å². The van der Waals surface area contributed by atoms with Crippen LogP contribution >= 0.6 is 11.3 Å². The minimum atomic E-state index is -0.0447. The van der Waals surface area contributed by atoms with Gasteiger partial charge >= 0.3 is 0 Å². The summed E-state index contributed by atoms with van der Waals surface area (Å²) in [6.07, 6.45) is 0. The molecule has 0 amide bonds. The maximum Gasteiger partial charge on any atom is 0.0640 e. The van der Waals surface area contributed by atoms with E-state index in [2.05, 4.69) is 230 Å². The van der Waals surface area contributed by atoms with Crippen LogP contribution in [0.5, 0.6) is 0 Å². The molecule has 2 aromatic heterocycles. The van der Waals surface area contributed by atoms with Crippen molar-refractivity contribution in [2.45, 2.75) is 19.3 Å². The first-order chi connectivity index (χ1) is 29.5. The van der Waals surface area contributed by atoms with Crippen LogP contribution in [-0.4, -0.2) is 4.57 Å². The first kappa shape index (κ1) is 34.8. The summed E-state index contributed by atoms with van der Waals surface area (Å²) in [4.78, 5) is 2.45. The third-order valence-corrected chi connectivity index (χ3v) is 14.1. The lowest BCUT2D eigenvalue weighted by atomic mass is 9.82. The van der Waals surface area contributed by atoms with E-state index in [1.54, 1.807) is 0 Å². The molecule has 0 aliphatic heterocycles. The molecule has 12 rings (SSSR count). The van der Waals surface area contributed by atoms with Crippen molar-refractivity contribution in [1.29, 1.82) is 0 Å². The molecule has 0 fully saturated rings. The lowest BCUT2D eigenvalue weighted by Gasteiger charge is -2.26. The van der Waals surface area contributed by atoms with E-state index < -0.39 is 0 Å². The van der Waals surface area contributed by atoms with Crippen LogP contribution < -0.4 is 4.90 Å². The zero-order valence-corrected chi connectivity index (χ0v) is 34.2. The minimum Gasteiger partial charge on any atom is -0.309 e. The smallest absolute Gasteiger partial charge is 0.0640 e. The lowest BCUT2D eigenvalue weighted by Crippen LogP contribution is -2.14. The fourth-order valence-corrected chi connectivity index (χ4v) is 11.2. The summed E-state index contributed by atoms with van der Waals surface area (Å²) >= 11 is 1.93. The van der Waals surface area contributed by atoms with Gasteiger partial charge in [-0.1, -0.05) is 159 Å². The quantitative estimate of drug-likeness (QED) is 0.163. The number of fused-ring (bicyclic) bond motifs is 10. The van der Waals surface area contributed by atoms with Crippen molar-refractivity contribution in [3.63, 3.8) is 0 Å². The van der Waals surface area contributed by atoms with E-state index in [9.17, 15) is 0 Å². The number of thiophene rings is 1. The number of aromatic nitrogens is 1. The summed E-state index contributed by atoms with van der Waals surface area (Å²) in [5.74, 6) is 0. The van der Waals surface area contributed by atoms with E-state index in [1.165, 1.54) is 97.9 Å². The second-order valence-corrected chi connectivity index (χ2v) is 17.5. The van der Waals surface area contributed by atoms with Crippen molar-refractivity contribution in [1.82, 2.24) is 4.57 Å². The third kappa shape index (κ3) is 5.26. The fourth-order valence-electron chi connectivity index (χ4n) is 9.87. The Balaban J connectivity index is 1.01. The van der Waals surface area contributed by atoms with Gasteiger partial charge < -0.3 is 9.47 Å². The van der Waals surface area contributed by atoms with Gasteiger partial charge in [-0.15, -0.1) is 11.3 Å². The molecule has 2 nitrogen and oxygen atoms in total. The maximum atomic E-state index is 2.45. The number of rotatable bonds is 6. The van der Waals surface area contributed by atoms with Gasteiger partial charge in [-0.05, 0) is 99.6 Å². The van der Waals surface area contributed by atoms with Gasteiger partial charge in [0.05, 0.1) is 21.4 Å². The molecule has 0 saturated heterocycles. The van der Waals surface area contributed by atoms with E-state index >= 15 is 0 Å². The van der Waals surface area contributed by atoms with Crippen LogP contribution in [0.1, 0.15) is 25.0 Å². The van der Waals surface area contributed by atoms with Gasteiger partial charge in [0.25, 0.3) is 0 Å². The molecule has 3 heteroatoms. The summed E-state index contributed by atoms with van der Waals surface area (Å²) in [5.41, 5.74) is 17.4. The maximum absolute atomic E-state index is 2.45. The Morgan fingerprint density at radius 1 is 0.417 bits per heavy atom. The van der Waals surface area contributed by atoms with Gasteiger partial charge in [-0.3, -0.25) is 0 Å². The summed E-state index contributed by atoms with van der Waals surface area (Å²) in [5, 5.41) is 5.13. The zero-order valence-electron chi connectivity index (χ0n) is 33.4. The Labute approximate surface area is 353 Å². The number of para-hydroxylation sites is 2. The van der Waals surface area contributed by atoms with Crippen LogP contribution in [0.15, 0.2) is 206 Å². The predicted octanol–water partition coefficient (Wildman–Crippen LogP) is 16.3. The molecule has 0 saturated carbocycles. The van der Waals surface area contributed by atoms with Gasteiger partial charge in [0.1, 0.15) is 0 Å². The van der Waals surface area contributed by atoms with Crippen LogP contribution in [0.3, 0.4) is 0 Å². The van der Waals surface area contributed by atoms with Crippen molar-refractivity contribution in [3.05, 3.63) is 217 Å². The summed E-state index contributed by atoms with van der Waals surface area (Å²) < 4.78 is 5.03. The average molecular weight is 785 g/mol. The summed E-state index contributed by atoms with van der Waals surface area (Å²) in [6, 6.07) is 75.8. The number of anilines is 3. The highest BCUT2D eigenvalue weighted by Gasteiger charge is 2.37. The normalized spacial score (nSPS) is 13.0. The molecule has 284 valence electrons. The monoisotopic (exact) mass is 784 g/mol. The Morgan fingerprint density at radius 3 is 1.77 bits per heavy atom. The Morgan fingerprint density at radius 2 is 1.00 bits per heavy atom. The number of hydrogen-bond donors (Lipinski definition) is 0. The Hall–Kier alpha value is -7.20. The Kier molecular flexibility index (Phi) is 7.79. The van der Waals surface area contributed by atoms with E-state index in [1.807, 2.05) is 11.3 Å². The predicted molar refractivity (Wildman–Crippen MR) is 257 cm³/mol. The number of hydrogen-bond acceptors (Lipinski definition) is 2. The van der Waals surface area contributed by atoms with Crippen molar-refractivity contribution >= 4 is 70.4 Å². The number of nitrogens with zero attached hydrogens (tertiary/aromatic N) is 2. The van der Waals surface area contributed by atoms with Crippen LogP contribution in [0.4, 0.5) is 17.1 Å². The molecule has 2 heterocycles. The molecule has 9 aromatic carbocycles. The third-order valence-electron chi connectivity index (χ3n) is 12.8. The summed E-state index contributed by atoms with van der Waals surface area (Å²) in [6.45, 7) is 4.74. The molecule has 60 heavy (non-hydrogen) atoms. The molecule has 0 radical (unpaired) electrons. The minimum absolute atomic E-state index is 0.0447. The van der Waals surface area contributed by atoms with Crippen molar-refractivity contribution in [3.8, 4) is 39.1 Å². The van der Waals surface area contributed by atoms with Crippen molar-refractivity contribution < 1.29 is 0 Å². The second-order valence-electron chi connectivity index (χ2n) is 16.5. The summed E-state index contributed by atoms with van der Waals surface area (Å²) in [7, 11) is 0. The van der Waals surface area contributed by atoms with Crippen LogP contribution in [0, 0.1) is 0 Å². The van der Waals surface area contributed by atoms with Gasteiger partial charge in [0.2, 0.25) is 0 Å². The standard InChI is InChI=1S/C57H40N2S/c1-57(2)49-21-11-9-19-47(49)54-50(57)34-33-46-45-20-13-23-53(55(45)60-56(46)54)58(42-29-24-38(25-30-42)37-14-5-3-6-15-37)43-31-26-39(27-32-43)40-28-35-52-48(36-40)44-18-10-12-22-51(44)59(52)41-16-7-4-8-17-41/h3-36H,1-2H3. The molecule has 1 aliphatic carbocycles. The Bertz CT molecular complexity index is 3430. The van der Waals surface area contributed by atoms with Gasteiger partial charge in [0.15, 0.2) is 0 Å². The largest absolute Gasteiger partial charge is 0.309 e. The topological polar surface area (TPSA) is 8.17 Å². The molecule has 11 aromatic rings. The molecule has 0 bridgehead atoms. The van der Waals surface area contributed by atoms with Crippen LogP contribution in [0.2, 0.25) is 0 Å². The molecular formula is C57H40N2S. The van der Waals surface area contributed by atoms with Gasteiger partial charge in [-0.2, -0.15) is 0 Å². The second kappa shape index (κ2) is 13.4. The van der Waals surface area contributed by atoms with E-state index in [0.717, 1.165) is 11.4 Å². The van der Waals surface area contributed by atoms with Gasteiger partial charge in [-0.25, -0.2) is 0 Å². The molecule has 1 aliphatic rings. The van der Waals surface area contributed by atoms with E-state index in [-0.39, 0.29) is 5.41 Å². The van der Waals surface area contributed by atoms with Crippen molar-refractivity contribution in [2.75, 3.05) is 4.90 Å². The van der Waals surface area contributed by atoms with E-state index in [0.29, 0.717) is 0 Å². The van der Waals surface area contributed by atoms with Crippen LogP contribution in [-0.2, 0) is 5.41 Å². The van der Waals surface area contributed by atoms with Crippen molar-refractivity contribution in [2.24, 2.45) is 0 Å². The average Bonchev–Trinajstić information content (AvgIpc) is 3.93. The highest BCUT2D eigenvalue weighted by molar-refractivity contribution is 7.27. The first-order valence-corrected chi connectivity index (χ1v) is 21.6. The highest BCUT2D eigenvalue weighted by atomic mass is 32.1. The SMILES string of the molecule is CC1(C)c2ccccc2-c2c1ccc1c2sc2c(N(c3ccc(-c4ccccc4)cc3)c3ccc(-c4ccc5c(c4)c4ccccc4n5-c4ccccc4)cc3)cccc21. The lowest BCUT2D eigenvalue weighted by molar-refractivity contribution is 0.661. The zero-order chi connectivity index (χ0) is 40.0. The first-order valence-electron chi connectivity index (χ1n) is 20.8. The fraction of sp³-hybridized carbons (Fsp3) is 0.0526. The number of benzene rings is 9.